The first-order valence-electron chi connectivity index (χ1n) is 10.5. The molecule has 0 saturated carbocycles. The van der Waals surface area contributed by atoms with Crippen molar-refractivity contribution >= 4 is 38.6 Å². The van der Waals surface area contributed by atoms with E-state index in [1.165, 1.54) is 7.05 Å². The molecule has 8 heteroatoms. The zero-order valence-electron chi connectivity index (χ0n) is 18.2. The van der Waals surface area contributed by atoms with Crippen LogP contribution in [-0.4, -0.2) is 27.0 Å². The van der Waals surface area contributed by atoms with Crippen molar-refractivity contribution < 1.29 is 8.42 Å². The molecule has 1 aromatic heterocycles. The van der Waals surface area contributed by atoms with Crippen molar-refractivity contribution in [3.8, 4) is 0 Å². The highest BCUT2D eigenvalue weighted by molar-refractivity contribution is 7.89. The lowest BCUT2D eigenvalue weighted by molar-refractivity contribution is 0.588. The maximum Gasteiger partial charge on any atom is 0.242 e. The molecule has 3 aromatic rings. The van der Waals surface area contributed by atoms with Crippen LogP contribution in [0.25, 0.3) is 0 Å². The average Bonchev–Trinajstić information content (AvgIpc) is 3.23. The van der Waals surface area contributed by atoms with Crippen LogP contribution in [0.4, 0.5) is 28.6 Å². The average molecular weight is 450 g/mol. The van der Waals surface area contributed by atoms with E-state index in [9.17, 15) is 8.42 Å². The highest BCUT2D eigenvalue weighted by Crippen LogP contribution is 2.30. The van der Waals surface area contributed by atoms with Gasteiger partial charge in [0.25, 0.3) is 0 Å². The van der Waals surface area contributed by atoms with E-state index in [1.54, 1.807) is 30.5 Å². The summed E-state index contributed by atoms with van der Waals surface area (Å²) < 4.78 is 27.1. The Bertz CT molecular complexity index is 1240. The molecule has 1 aliphatic rings. The van der Waals surface area contributed by atoms with E-state index < -0.39 is 10.0 Å². The number of sulfonamides is 1. The van der Waals surface area contributed by atoms with Crippen molar-refractivity contribution in [2.75, 3.05) is 29.1 Å². The smallest absolute Gasteiger partial charge is 0.242 e. The van der Waals surface area contributed by atoms with Gasteiger partial charge in [-0.05, 0) is 68.8 Å². The predicted molar refractivity (Wildman–Crippen MR) is 130 cm³/mol. The summed E-state index contributed by atoms with van der Waals surface area (Å²) in [5.74, 6) is 0.658. The molecule has 32 heavy (non-hydrogen) atoms. The Morgan fingerprint density at radius 1 is 1.03 bits per heavy atom. The number of anilines is 5. The second kappa shape index (κ2) is 9.02. The first-order chi connectivity index (χ1) is 15.4. The molecule has 0 spiro atoms. The highest BCUT2D eigenvalue weighted by atomic mass is 32.2. The van der Waals surface area contributed by atoms with Crippen molar-refractivity contribution in [1.82, 2.24) is 9.71 Å². The molecule has 1 saturated heterocycles. The molecule has 1 aliphatic heterocycles. The third kappa shape index (κ3) is 4.61. The monoisotopic (exact) mass is 449 g/mol. The van der Waals surface area contributed by atoms with Gasteiger partial charge in [-0.15, -0.1) is 0 Å². The maximum absolute atomic E-state index is 12.4. The van der Waals surface area contributed by atoms with Gasteiger partial charge in [0, 0.05) is 41.6 Å². The highest BCUT2D eigenvalue weighted by Gasteiger charge is 2.18. The van der Waals surface area contributed by atoms with E-state index >= 15 is 0 Å². The minimum Gasteiger partial charge on any atom is -0.354 e. The van der Waals surface area contributed by atoms with Gasteiger partial charge in [-0.2, -0.15) is 0 Å². The van der Waals surface area contributed by atoms with Crippen LogP contribution in [0.5, 0.6) is 0 Å². The van der Waals surface area contributed by atoms with E-state index in [1.807, 2.05) is 25.1 Å². The van der Waals surface area contributed by atoms with Gasteiger partial charge in [-0.1, -0.05) is 18.7 Å². The Labute approximate surface area is 189 Å². The Kier molecular flexibility index (Phi) is 6.16. The number of pyridine rings is 1. The van der Waals surface area contributed by atoms with E-state index in [4.69, 9.17) is 0 Å². The van der Waals surface area contributed by atoms with Crippen molar-refractivity contribution in [2.45, 2.75) is 24.7 Å². The third-order valence-electron chi connectivity index (χ3n) is 5.50. The fraction of sp³-hybridized carbons (Fsp3) is 0.208. The third-order valence-corrected chi connectivity index (χ3v) is 6.97. The summed E-state index contributed by atoms with van der Waals surface area (Å²) in [4.78, 5) is 6.90. The fourth-order valence-corrected chi connectivity index (χ4v) is 4.59. The van der Waals surface area contributed by atoms with Crippen molar-refractivity contribution in [3.63, 3.8) is 0 Å². The molecule has 0 aliphatic carbocycles. The number of rotatable bonds is 7. The Balaban J connectivity index is 1.55. The number of nitrogens with zero attached hydrogens (tertiary/aromatic N) is 2. The summed E-state index contributed by atoms with van der Waals surface area (Å²) in [6.45, 7) is 7.06. The van der Waals surface area contributed by atoms with Gasteiger partial charge in [0.05, 0.1) is 5.69 Å². The fourth-order valence-electron chi connectivity index (χ4n) is 3.70. The minimum atomic E-state index is -3.59. The number of benzene rings is 2. The summed E-state index contributed by atoms with van der Waals surface area (Å²) in [5.41, 5.74) is 5.37. The summed E-state index contributed by atoms with van der Waals surface area (Å²) in [6, 6.07) is 16.9. The predicted octanol–water partition coefficient (Wildman–Crippen LogP) is 4.90. The molecule has 0 amide bonds. The van der Waals surface area contributed by atoms with Crippen LogP contribution < -0.4 is 20.3 Å². The zero-order valence-corrected chi connectivity index (χ0v) is 19.0. The minimum absolute atomic E-state index is 0.187. The van der Waals surface area contributed by atoms with Gasteiger partial charge in [0.1, 0.15) is 10.7 Å². The van der Waals surface area contributed by atoms with Crippen LogP contribution in [0.2, 0.25) is 0 Å². The number of hydrogen-bond acceptors (Lipinski definition) is 6. The van der Waals surface area contributed by atoms with E-state index in [0.717, 1.165) is 47.7 Å². The van der Waals surface area contributed by atoms with E-state index in [0.29, 0.717) is 11.5 Å². The molecule has 2 heterocycles. The van der Waals surface area contributed by atoms with Gasteiger partial charge >= 0.3 is 0 Å². The molecule has 2 aromatic carbocycles. The van der Waals surface area contributed by atoms with Crippen LogP contribution in [0.15, 0.2) is 78.0 Å². The topological polar surface area (TPSA) is 86.4 Å². The summed E-state index contributed by atoms with van der Waals surface area (Å²) in [5, 5.41) is 6.56. The molecule has 0 unspecified atom stereocenters. The largest absolute Gasteiger partial charge is 0.354 e. The molecular weight excluding hydrogens is 422 g/mol. The van der Waals surface area contributed by atoms with Gasteiger partial charge in [-0.25, -0.2) is 18.1 Å². The molecule has 166 valence electrons. The Morgan fingerprint density at radius 3 is 2.47 bits per heavy atom. The maximum atomic E-state index is 12.4. The SMILES string of the molecule is C=C1CCCN1c1ccc(Nc2cc(Nc3ccccc3S(=O)(=O)NC)c(C)cn2)cc1. The first kappa shape index (κ1) is 21.9. The summed E-state index contributed by atoms with van der Waals surface area (Å²) in [6.07, 6.45) is 3.94. The van der Waals surface area contributed by atoms with E-state index in [-0.39, 0.29) is 4.90 Å². The van der Waals surface area contributed by atoms with Crippen LogP contribution in [0.1, 0.15) is 18.4 Å². The molecule has 7 nitrogen and oxygen atoms in total. The lowest BCUT2D eigenvalue weighted by atomic mass is 10.2. The number of para-hydroxylation sites is 1. The van der Waals surface area contributed by atoms with Crippen LogP contribution in [0, 0.1) is 6.92 Å². The molecule has 4 rings (SSSR count). The van der Waals surface area contributed by atoms with Crippen LogP contribution in [0.3, 0.4) is 0 Å². The lowest BCUT2D eigenvalue weighted by Gasteiger charge is -2.19. The lowest BCUT2D eigenvalue weighted by Crippen LogP contribution is -2.19. The zero-order chi connectivity index (χ0) is 22.7. The second-order valence-electron chi connectivity index (χ2n) is 7.71. The van der Waals surface area contributed by atoms with Crippen molar-refractivity contribution in [2.24, 2.45) is 0 Å². The molecule has 1 fully saturated rings. The number of nitrogens with one attached hydrogen (secondary N) is 3. The first-order valence-corrected chi connectivity index (χ1v) is 11.9. The van der Waals surface area contributed by atoms with Crippen LogP contribution >= 0.6 is 0 Å². The van der Waals surface area contributed by atoms with Crippen LogP contribution in [-0.2, 0) is 10.0 Å². The summed E-state index contributed by atoms with van der Waals surface area (Å²) >= 11 is 0. The Morgan fingerprint density at radius 2 is 1.78 bits per heavy atom. The number of hydrogen-bond donors (Lipinski definition) is 3. The normalized spacial score (nSPS) is 13.9. The number of aromatic nitrogens is 1. The van der Waals surface area contributed by atoms with Crippen molar-refractivity contribution in [3.05, 3.63) is 78.6 Å². The van der Waals surface area contributed by atoms with Gasteiger partial charge < -0.3 is 15.5 Å². The molecule has 0 radical (unpaired) electrons. The second-order valence-corrected chi connectivity index (χ2v) is 9.56. The van der Waals surface area contributed by atoms with Gasteiger partial charge in [-0.3, -0.25) is 0 Å². The Hall–Kier alpha value is -3.36. The molecule has 0 atom stereocenters. The molecule has 3 N–H and O–H groups in total. The number of aryl methyl sites for hydroxylation is 1. The quantitative estimate of drug-likeness (QED) is 0.476. The van der Waals surface area contributed by atoms with Gasteiger partial charge in [0.2, 0.25) is 10.0 Å². The standard InChI is InChI=1S/C24H27N5O2S/c1-17-16-26-24(27-19-10-12-20(13-11-19)29-14-6-7-18(29)2)15-22(17)28-21-8-4-5-9-23(21)32(30,31)25-3/h4-5,8-13,15-16,25H,2,6-7,14H2,1,3H3,(H2,26,27,28). The molecule has 0 bridgehead atoms. The summed E-state index contributed by atoms with van der Waals surface area (Å²) in [7, 11) is -2.19. The molecular formula is C24H27N5O2S. The number of allylic oxidation sites excluding steroid dienone is 1. The van der Waals surface area contributed by atoms with Gasteiger partial charge in [0.15, 0.2) is 0 Å². The van der Waals surface area contributed by atoms with Crippen molar-refractivity contribution in [1.29, 1.82) is 0 Å². The van der Waals surface area contributed by atoms with E-state index in [2.05, 4.69) is 44.0 Å².